The molecule has 0 saturated heterocycles. The molecule has 0 spiro atoms. The highest BCUT2D eigenvalue weighted by Gasteiger charge is 2.10. The first-order valence-corrected chi connectivity index (χ1v) is 4.06. The van der Waals surface area contributed by atoms with Crippen molar-refractivity contribution < 1.29 is 9.90 Å². The summed E-state index contributed by atoms with van der Waals surface area (Å²) in [5, 5.41) is 8.84. The summed E-state index contributed by atoms with van der Waals surface area (Å²) in [6.45, 7) is 0. The van der Waals surface area contributed by atoms with Crippen LogP contribution in [0.15, 0.2) is 18.3 Å². The lowest BCUT2D eigenvalue weighted by atomic mass is 10.1. The minimum absolute atomic E-state index is 0.108. The molecule has 70 valence electrons. The fourth-order valence-corrected chi connectivity index (χ4v) is 1.02. The second kappa shape index (κ2) is 4.20. The van der Waals surface area contributed by atoms with Gasteiger partial charge in [-0.15, -0.1) is 0 Å². The Kier molecular flexibility index (Phi) is 3.22. The number of nitrogens with zero attached hydrogens (tertiary/aromatic N) is 1. The molecule has 1 atom stereocenters. The Labute approximate surface area is 80.3 Å². The molecule has 13 heavy (non-hydrogen) atoms. The van der Waals surface area contributed by atoms with E-state index in [2.05, 4.69) is 4.98 Å². The van der Waals surface area contributed by atoms with Crippen LogP contribution in [0.2, 0.25) is 5.15 Å². The average molecular weight is 201 g/mol. The van der Waals surface area contributed by atoms with Crippen LogP contribution in [0.5, 0.6) is 0 Å². The molecule has 1 aromatic rings. The maximum Gasteiger partial charge on any atom is 0.305 e. The van der Waals surface area contributed by atoms with E-state index in [1.165, 1.54) is 6.20 Å². The van der Waals surface area contributed by atoms with Crippen molar-refractivity contribution >= 4 is 17.6 Å². The number of halogens is 1. The summed E-state index contributed by atoms with van der Waals surface area (Å²) in [5.74, 6) is -0.928. The average Bonchev–Trinajstić information content (AvgIpc) is 2.04. The van der Waals surface area contributed by atoms with E-state index in [4.69, 9.17) is 22.4 Å². The van der Waals surface area contributed by atoms with Crippen LogP contribution in [0, 0.1) is 0 Å². The van der Waals surface area contributed by atoms with Crippen molar-refractivity contribution in [2.75, 3.05) is 0 Å². The van der Waals surface area contributed by atoms with Gasteiger partial charge in [-0.3, -0.25) is 4.79 Å². The highest BCUT2D eigenvalue weighted by Crippen LogP contribution is 2.14. The molecule has 0 amide bonds. The molecule has 5 heteroatoms. The monoisotopic (exact) mass is 200 g/mol. The third kappa shape index (κ3) is 3.01. The predicted octanol–water partition coefficient (Wildman–Crippen LogP) is 1.21. The fourth-order valence-electron chi connectivity index (χ4n) is 0.913. The summed E-state index contributed by atoms with van der Waals surface area (Å²) in [5.41, 5.74) is 6.26. The number of carboxylic acid groups (broad SMARTS) is 1. The Balaban J connectivity index is 2.71. The Hall–Kier alpha value is -1.13. The Morgan fingerprint density at radius 2 is 2.38 bits per heavy atom. The third-order valence-electron chi connectivity index (χ3n) is 1.57. The summed E-state index contributed by atoms with van der Waals surface area (Å²) in [6, 6.07) is 2.73. The predicted molar refractivity (Wildman–Crippen MR) is 48.4 cm³/mol. The van der Waals surface area contributed by atoms with Crippen molar-refractivity contribution in [2.24, 2.45) is 5.73 Å². The quantitative estimate of drug-likeness (QED) is 0.720. The number of pyridine rings is 1. The van der Waals surface area contributed by atoms with Gasteiger partial charge in [-0.05, 0) is 11.6 Å². The van der Waals surface area contributed by atoms with Crippen molar-refractivity contribution in [1.82, 2.24) is 4.98 Å². The number of carboxylic acids is 1. The molecule has 0 bridgehead atoms. The van der Waals surface area contributed by atoms with E-state index in [0.29, 0.717) is 10.7 Å². The van der Waals surface area contributed by atoms with Gasteiger partial charge in [0.1, 0.15) is 5.15 Å². The first-order chi connectivity index (χ1) is 6.09. The summed E-state index contributed by atoms with van der Waals surface area (Å²) in [6.07, 6.45) is 1.37. The lowest BCUT2D eigenvalue weighted by Crippen LogP contribution is -2.15. The Morgan fingerprint density at radius 3 is 2.85 bits per heavy atom. The van der Waals surface area contributed by atoms with Gasteiger partial charge < -0.3 is 10.8 Å². The van der Waals surface area contributed by atoms with Gasteiger partial charge in [0.15, 0.2) is 0 Å². The molecule has 0 fully saturated rings. The molecule has 0 aromatic carbocycles. The molecule has 0 saturated carbocycles. The highest BCUT2D eigenvalue weighted by atomic mass is 35.5. The Bertz CT molecular complexity index is 300. The van der Waals surface area contributed by atoms with Gasteiger partial charge in [-0.25, -0.2) is 4.98 Å². The van der Waals surface area contributed by atoms with E-state index in [0.717, 1.165) is 0 Å². The topological polar surface area (TPSA) is 76.2 Å². The molecular weight excluding hydrogens is 192 g/mol. The van der Waals surface area contributed by atoms with E-state index in [9.17, 15) is 4.79 Å². The van der Waals surface area contributed by atoms with Gasteiger partial charge in [0, 0.05) is 12.2 Å². The largest absolute Gasteiger partial charge is 0.481 e. The van der Waals surface area contributed by atoms with Gasteiger partial charge in [0.25, 0.3) is 0 Å². The van der Waals surface area contributed by atoms with Gasteiger partial charge in [-0.1, -0.05) is 17.7 Å². The number of carbonyl (C=O) groups is 1. The molecule has 3 N–H and O–H groups in total. The highest BCUT2D eigenvalue weighted by molar-refractivity contribution is 6.29. The van der Waals surface area contributed by atoms with E-state index in [1.54, 1.807) is 12.1 Å². The van der Waals surface area contributed by atoms with Crippen molar-refractivity contribution in [2.45, 2.75) is 12.5 Å². The SMILES string of the molecule is NC(CC(=O)O)c1ccc(Cl)nc1. The number of nitrogens with two attached hydrogens (primary N) is 1. The van der Waals surface area contributed by atoms with Crippen molar-refractivity contribution in [3.8, 4) is 0 Å². The van der Waals surface area contributed by atoms with Crippen LogP contribution in [-0.2, 0) is 4.79 Å². The zero-order valence-corrected chi connectivity index (χ0v) is 7.53. The second-order valence-electron chi connectivity index (χ2n) is 2.62. The number of hydrogen-bond acceptors (Lipinski definition) is 3. The maximum atomic E-state index is 10.3. The first kappa shape index (κ1) is 9.95. The fraction of sp³-hybridized carbons (Fsp3) is 0.250. The molecule has 0 aliphatic heterocycles. The lowest BCUT2D eigenvalue weighted by molar-refractivity contribution is -0.137. The minimum atomic E-state index is -0.928. The number of rotatable bonds is 3. The standard InChI is InChI=1S/C8H9ClN2O2/c9-7-2-1-5(4-11-7)6(10)3-8(12)13/h1-2,4,6H,3,10H2,(H,12,13). The summed E-state index contributed by atoms with van der Waals surface area (Å²) >= 11 is 5.55. The number of aliphatic carboxylic acids is 1. The van der Waals surface area contributed by atoms with Crippen LogP contribution in [0.3, 0.4) is 0 Å². The lowest BCUT2D eigenvalue weighted by Gasteiger charge is -2.07. The van der Waals surface area contributed by atoms with Gasteiger partial charge in [0.05, 0.1) is 6.42 Å². The van der Waals surface area contributed by atoms with Gasteiger partial charge in [0.2, 0.25) is 0 Å². The molecule has 1 aromatic heterocycles. The van der Waals surface area contributed by atoms with Crippen LogP contribution < -0.4 is 5.73 Å². The van der Waals surface area contributed by atoms with Crippen LogP contribution in [0.4, 0.5) is 0 Å². The molecule has 1 heterocycles. The zero-order valence-electron chi connectivity index (χ0n) is 6.77. The first-order valence-electron chi connectivity index (χ1n) is 3.68. The van der Waals surface area contributed by atoms with Crippen LogP contribution in [0.25, 0.3) is 0 Å². The van der Waals surface area contributed by atoms with E-state index < -0.39 is 12.0 Å². The van der Waals surface area contributed by atoms with E-state index in [-0.39, 0.29) is 6.42 Å². The van der Waals surface area contributed by atoms with Crippen molar-refractivity contribution in [1.29, 1.82) is 0 Å². The summed E-state index contributed by atoms with van der Waals surface area (Å²) < 4.78 is 0. The van der Waals surface area contributed by atoms with Crippen LogP contribution in [-0.4, -0.2) is 16.1 Å². The molecule has 1 rings (SSSR count). The molecule has 0 aliphatic carbocycles. The van der Waals surface area contributed by atoms with E-state index >= 15 is 0 Å². The summed E-state index contributed by atoms with van der Waals surface area (Å²) in [7, 11) is 0. The Morgan fingerprint density at radius 1 is 1.69 bits per heavy atom. The van der Waals surface area contributed by atoms with E-state index in [1.807, 2.05) is 0 Å². The smallest absolute Gasteiger partial charge is 0.305 e. The summed E-state index contributed by atoms with van der Waals surface area (Å²) in [4.78, 5) is 14.1. The number of hydrogen-bond donors (Lipinski definition) is 2. The normalized spacial score (nSPS) is 12.5. The van der Waals surface area contributed by atoms with Gasteiger partial charge >= 0.3 is 5.97 Å². The molecule has 1 unspecified atom stereocenters. The van der Waals surface area contributed by atoms with Crippen molar-refractivity contribution in [3.05, 3.63) is 29.0 Å². The minimum Gasteiger partial charge on any atom is -0.481 e. The van der Waals surface area contributed by atoms with Gasteiger partial charge in [-0.2, -0.15) is 0 Å². The zero-order chi connectivity index (χ0) is 9.84. The second-order valence-corrected chi connectivity index (χ2v) is 3.01. The molecule has 0 aliphatic rings. The van der Waals surface area contributed by atoms with Crippen molar-refractivity contribution in [3.63, 3.8) is 0 Å². The molecular formula is C8H9ClN2O2. The number of aromatic nitrogens is 1. The third-order valence-corrected chi connectivity index (χ3v) is 1.80. The molecule has 4 nitrogen and oxygen atoms in total. The molecule has 0 radical (unpaired) electrons. The van der Waals surface area contributed by atoms with Crippen LogP contribution in [0.1, 0.15) is 18.0 Å². The maximum absolute atomic E-state index is 10.3. The van der Waals surface area contributed by atoms with Crippen LogP contribution >= 0.6 is 11.6 Å².